The fourth-order valence-corrected chi connectivity index (χ4v) is 7.49. The second kappa shape index (κ2) is 47.2. The molecular formula is C51H92NO8P. The molecule has 9 nitrogen and oxygen atoms in total. The van der Waals surface area contributed by atoms with Crippen LogP contribution < -0.4 is 5.73 Å². The van der Waals surface area contributed by atoms with E-state index in [4.69, 9.17) is 24.3 Å². The number of unbranched alkanes of at least 4 members (excludes halogenated alkanes) is 23. The Labute approximate surface area is 374 Å². The van der Waals surface area contributed by atoms with Crippen LogP contribution in [-0.2, 0) is 32.7 Å². The van der Waals surface area contributed by atoms with Crippen LogP contribution in [0.3, 0.4) is 0 Å². The van der Waals surface area contributed by atoms with Gasteiger partial charge in [0.15, 0.2) is 6.10 Å². The molecule has 0 amide bonds. The number of ether oxygens (including phenoxy) is 2. The van der Waals surface area contributed by atoms with Crippen LogP contribution in [0.15, 0.2) is 60.8 Å². The third-order valence-electron chi connectivity index (χ3n) is 10.4. The van der Waals surface area contributed by atoms with Crippen molar-refractivity contribution < 1.29 is 37.6 Å². The molecule has 0 bridgehead atoms. The summed E-state index contributed by atoms with van der Waals surface area (Å²) in [4.78, 5) is 34.9. The lowest BCUT2D eigenvalue weighted by Gasteiger charge is -2.19. The summed E-state index contributed by atoms with van der Waals surface area (Å²) in [6.07, 6.45) is 57.0. The van der Waals surface area contributed by atoms with E-state index in [-0.39, 0.29) is 32.6 Å². The van der Waals surface area contributed by atoms with Crippen molar-refractivity contribution in [3.05, 3.63) is 60.8 Å². The first-order valence-electron chi connectivity index (χ1n) is 24.8. The van der Waals surface area contributed by atoms with Gasteiger partial charge in [-0.15, -0.1) is 0 Å². The average Bonchev–Trinajstić information content (AvgIpc) is 3.25. The van der Waals surface area contributed by atoms with E-state index in [0.29, 0.717) is 6.42 Å². The van der Waals surface area contributed by atoms with Gasteiger partial charge >= 0.3 is 19.8 Å². The fourth-order valence-electron chi connectivity index (χ4n) is 6.73. The molecule has 0 saturated carbocycles. The summed E-state index contributed by atoms with van der Waals surface area (Å²) in [6, 6.07) is 0. The molecule has 0 rings (SSSR count). The molecule has 0 aromatic heterocycles. The van der Waals surface area contributed by atoms with Crippen LogP contribution >= 0.6 is 7.82 Å². The lowest BCUT2D eigenvalue weighted by Crippen LogP contribution is -2.29. The number of allylic oxidation sites excluding steroid dienone is 10. The summed E-state index contributed by atoms with van der Waals surface area (Å²) in [5.74, 6) is -0.837. The zero-order valence-corrected chi connectivity index (χ0v) is 40.0. The number of nitrogens with two attached hydrogens (primary N) is 1. The van der Waals surface area contributed by atoms with Gasteiger partial charge in [-0.2, -0.15) is 0 Å². The molecule has 3 N–H and O–H groups in total. The Kier molecular flexibility index (Phi) is 45.4. The first-order chi connectivity index (χ1) is 29.8. The maximum absolute atomic E-state index is 12.6. The third-order valence-corrected chi connectivity index (χ3v) is 11.4. The van der Waals surface area contributed by atoms with Gasteiger partial charge in [0.05, 0.1) is 13.2 Å². The summed E-state index contributed by atoms with van der Waals surface area (Å²) in [7, 11) is -4.38. The van der Waals surface area contributed by atoms with Crippen LogP contribution in [-0.4, -0.2) is 49.3 Å². The van der Waals surface area contributed by atoms with Crippen molar-refractivity contribution in [3.8, 4) is 0 Å². The molecule has 354 valence electrons. The number of carbonyl (C=O) groups is 2. The summed E-state index contributed by atoms with van der Waals surface area (Å²) in [5.41, 5.74) is 5.35. The molecule has 0 aliphatic carbocycles. The Morgan fingerprint density at radius 1 is 0.508 bits per heavy atom. The first kappa shape index (κ1) is 58.7. The molecule has 61 heavy (non-hydrogen) atoms. The van der Waals surface area contributed by atoms with Crippen molar-refractivity contribution in [1.29, 1.82) is 0 Å². The molecule has 0 heterocycles. The smallest absolute Gasteiger partial charge is 0.462 e. The normalized spacial score (nSPS) is 13.7. The summed E-state index contributed by atoms with van der Waals surface area (Å²) >= 11 is 0. The molecular weight excluding hydrogens is 786 g/mol. The molecule has 0 saturated heterocycles. The second-order valence-corrected chi connectivity index (χ2v) is 17.8. The number of hydrogen-bond acceptors (Lipinski definition) is 8. The SMILES string of the molecule is CC/C=C\C/C=C\C/C=C\C/C=C\CCCCCCCCCCCCCCCCCCC(=O)OC(COC(=O)CCCCCCC/C=C\CCCC)COP(=O)(O)OCCN. The molecule has 10 heteroatoms. The van der Waals surface area contributed by atoms with E-state index in [2.05, 4.69) is 74.6 Å². The first-order valence-corrected chi connectivity index (χ1v) is 26.3. The molecule has 0 aromatic carbocycles. The highest BCUT2D eigenvalue weighted by atomic mass is 31.2. The van der Waals surface area contributed by atoms with Gasteiger partial charge in [0, 0.05) is 19.4 Å². The molecule has 0 radical (unpaired) electrons. The summed E-state index contributed by atoms with van der Waals surface area (Å²) in [5, 5.41) is 0. The number of phosphoric ester groups is 1. The van der Waals surface area contributed by atoms with E-state index >= 15 is 0 Å². The lowest BCUT2D eigenvalue weighted by atomic mass is 10.0. The number of phosphoric acid groups is 1. The van der Waals surface area contributed by atoms with Gasteiger partial charge in [-0.05, 0) is 70.6 Å². The topological polar surface area (TPSA) is 134 Å². The summed E-state index contributed by atoms with van der Waals surface area (Å²) < 4.78 is 32.8. The molecule has 0 aromatic rings. The lowest BCUT2D eigenvalue weighted by molar-refractivity contribution is -0.161. The Morgan fingerprint density at radius 3 is 1.36 bits per heavy atom. The Balaban J connectivity index is 3.93. The number of esters is 2. The zero-order valence-electron chi connectivity index (χ0n) is 39.1. The highest BCUT2D eigenvalue weighted by Gasteiger charge is 2.26. The highest BCUT2D eigenvalue weighted by Crippen LogP contribution is 2.43. The van der Waals surface area contributed by atoms with Gasteiger partial charge in [0.25, 0.3) is 0 Å². The van der Waals surface area contributed by atoms with E-state index < -0.39 is 32.5 Å². The Hall–Kier alpha value is -2.29. The van der Waals surface area contributed by atoms with Gasteiger partial charge in [-0.3, -0.25) is 18.6 Å². The van der Waals surface area contributed by atoms with Crippen LogP contribution in [0.5, 0.6) is 0 Å². The van der Waals surface area contributed by atoms with Crippen LogP contribution in [0, 0.1) is 0 Å². The van der Waals surface area contributed by atoms with Gasteiger partial charge in [0.1, 0.15) is 6.61 Å². The van der Waals surface area contributed by atoms with Gasteiger partial charge < -0.3 is 20.1 Å². The van der Waals surface area contributed by atoms with Gasteiger partial charge in [0.2, 0.25) is 0 Å². The number of rotatable bonds is 46. The van der Waals surface area contributed by atoms with E-state index in [1.807, 2.05) is 0 Å². The van der Waals surface area contributed by atoms with Gasteiger partial charge in [-0.25, -0.2) is 4.57 Å². The predicted molar refractivity (Wildman–Crippen MR) is 256 cm³/mol. The molecule has 0 fully saturated rings. The fraction of sp³-hybridized carbons (Fsp3) is 0.765. The molecule has 2 unspecified atom stereocenters. The van der Waals surface area contributed by atoms with Crippen molar-refractivity contribution in [3.63, 3.8) is 0 Å². The van der Waals surface area contributed by atoms with Crippen LogP contribution in [0.4, 0.5) is 0 Å². The zero-order chi connectivity index (χ0) is 44.6. The molecule has 0 aliphatic heterocycles. The van der Waals surface area contributed by atoms with E-state index in [0.717, 1.165) is 89.9 Å². The Bertz CT molecular complexity index is 1180. The van der Waals surface area contributed by atoms with Crippen LogP contribution in [0.1, 0.15) is 219 Å². The quantitative estimate of drug-likeness (QED) is 0.0265. The maximum atomic E-state index is 12.6. The minimum atomic E-state index is -4.38. The third kappa shape index (κ3) is 47.0. The Morgan fingerprint density at radius 2 is 0.902 bits per heavy atom. The van der Waals surface area contributed by atoms with Crippen molar-refractivity contribution in [2.24, 2.45) is 5.73 Å². The molecule has 2 atom stereocenters. The number of hydrogen-bond donors (Lipinski definition) is 2. The molecule has 0 aliphatic rings. The largest absolute Gasteiger partial charge is 0.472 e. The molecule has 0 spiro atoms. The second-order valence-electron chi connectivity index (χ2n) is 16.3. The van der Waals surface area contributed by atoms with Crippen molar-refractivity contribution in [1.82, 2.24) is 0 Å². The highest BCUT2D eigenvalue weighted by molar-refractivity contribution is 7.47. The maximum Gasteiger partial charge on any atom is 0.472 e. The van der Waals surface area contributed by atoms with E-state index in [1.54, 1.807) is 0 Å². The minimum absolute atomic E-state index is 0.0515. The average molecular weight is 878 g/mol. The van der Waals surface area contributed by atoms with Crippen molar-refractivity contribution >= 4 is 19.8 Å². The predicted octanol–water partition coefficient (Wildman–Crippen LogP) is 14.8. The van der Waals surface area contributed by atoms with Crippen molar-refractivity contribution in [2.45, 2.75) is 225 Å². The van der Waals surface area contributed by atoms with E-state index in [1.165, 1.54) is 96.3 Å². The van der Waals surface area contributed by atoms with Crippen LogP contribution in [0.2, 0.25) is 0 Å². The standard InChI is InChI=1S/C51H92NO8P/c1-3-5-7-9-11-13-15-16-17-18-19-20-21-22-23-24-25-26-27-28-29-30-31-32-34-36-38-40-42-44-51(54)60-49(48-59-61(55,56)58-46-45-52)47-57-50(53)43-41-39-37-35-33-14-12-10-8-6-4-2/h5,7,10-13,16-17,19-20,49H,3-4,6,8-9,14-15,18,21-48,52H2,1-2H3,(H,55,56)/b7-5-,12-10-,13-11-,17-16-,20-19-. The number of carbonyl (C=O) groups excluding carboxylic acids is 2. The van der Waals surface area contributed by atoms with E-state index in [9.17, 15) is 19.0 Å². The summed E-state index contributed by atoms with van der Waals surface area (Å²) in [6.45, 7) is 3.58. The van der Waals surface area contributed by atoms with Gasteiger partial charge in [-0.1, -0.05) is 197 Å². The van der Waals surface area contributed by atoms with Crippen LogP contribution in [0.25, 0.3) is 0 Å². The minimum Gasteiger partial charge on any atom is -0.462 e. The van der Waals surface area contributed by atoms with Crippen molar-refractivity contribution in [2.75, 3.05) is 26.4 Å². The monoisotopic (exact) mass is 878 g/mol.